The Hall–Kier alpha value is -1.18. The van der Waals surface area contributed by atoms with Crippen LogP contribution in [0.1, 0.15) is 39.2 Å². The molecule has 0 heterocycles. The molecule has 0 spiro atoms. The molecule has 0 saturated carbocycles. The topological polar surface area (TPSA) is 65.9 Å². The van der Waals surface area contributed by atoms with Crippen molar-refractivity contribution in [2.45, 2.75) is 40.2 Å². The molecule has 0 saturated heterocycles. The number of nitrogens with one attached hydrogen (secondary N) is 2. The minimum absolute atomic E-state index is 0. The zero-order chi connectivity index (χ0) is 16.4. The molecule has 1 rings (SSSR count). The van der Waals surface area contributed by atoms with E-state index in [-0.39, 0.29) is 29.7 Å². The number of ether oxygens (including phenoxy) is 1. The molecule has 0 aliphatic rings. The maximum Gasteiger partial charge on any atom is 0.191 e. The van der Waals surface area contributed by atoms with Crippen molar-refractivity contribution in [3.63, 3.8) is 0 Å². The van der Waals surface area contributed by atoms with E-state index in [1.54, 1.807) is 13.2 Å². The lowest BCUT2D eigenvalue weighted by atomic mass is 10.0. The monoisotopic (exact) mass is 435 g/mol. The van der Waals surface area contributed by atoms with Crippen molar-refractivity contribution in [2.75, 3.05) is 20.2 Å². The molecular formula is C17H30IN3O2. The van der Waals surface area contributed by atoms with Crippen LogP contribution in [0.25, 0.3) is 0 Å². The molecule has 0 amide bonds. The van der Waals surface area contributed by atoms with E-state index in [0.717, 1.165) is 37.5 Å². The number of guanidine groups is 1. The highest BCUT2D eigenvalue weighted by Gasteiger charge is 2.08. The molecule has 0 atom stereocenters. The van der Waals surface area contributed by atoms with Crippen LogP contribution in [0, 0.1) is 5.92 Å². The van der Waals surface area contributed by atoms with Gasteiger partial charge in [0.2, 0.25) is 0 Å². The molecule has 0 bridgehead atoms. The van der Waals surface area contributed by atoms with Gasteiger partial charge < -0.3 is 20.5 Å². The van der Waals surface area contributed by atoms with Gasteiger partial charge in [-0.3, -0.25) is 0 Å². The molecule has 6 heteroatoms. The Bertz CT molecular complexity index is 477. The molecule has 0 fully saturated rings. The van der Waals surface area contributed by atoms with E-state index < -0.39 is 0 Å². The summed E-state index contributed by atoms with van der Waals surface area (Å²) in [4.78, 5) is 4.54. The number of aromatic hydroxyl groups is 1. The smallest absolute Gasteiger partial charge is 0.191 e. The summed E-state index contributed by atoms with van der Waals surface area (Å²) in [6.45, 7) is 8.56. The summed E-state index contributed by atoms with van der Waals surface area (Å²) >= 11 is 0. The van der Waals surface area contributed by atoms with E-state index >= 15 is 0 Å². The predicted octanol–water partition coefficient (Wildman–Crippen LogP) is 3.51. The lowest BCUT2D eigenvalue weighted by Gasteiger charge is -2.16. The first kappa shape index (κ1) is 21.8. The standard InChI is InChI=1S/C17H29N3O2.HI/c1-5-13(6-2)11-19-17(18-7-3)20-12-14-9-8-10-15(22-4)16(14)21;/h8-10,13,21H,5-7,11-12H2,1-4H3,(H2,18,19,20);1H. The Morgan fingerprint density at radius 1 is 1.22 bits per heavy atom. The second-order valence-electron chi connectivity index (χ2n) is 5.23. The maximum atomic E-state index is 10.1. The summed E-state index contributed by atoms with van der Waals surface area (Å²) in [5, 5.41) is 16.7. The van der Waals surface area contributed by atoms with Gasteiger partial charge in [-0.05, 0) is 18.9 Å². The average Bonchev–Trinajstić information content (AvgIpc) is 2.54. The summed E-state index contributed by atoms with van der Waals surface area (Å²) in [6, 6.07) is 5.44. The number of para-hydroxylation sites is 1. The number of aliphatic imine (C=N–C) groups is 1. The fourth-order valence-corrected chi connectivity index (χ4v) is 2.18. The number of hydrogen-bond donors (Lipinski definition) is 3. The molecule has 0 aliphatic heterocycles. The summed E-state index contributed by atoms with van der Waals surface area (Å²) < 4.78 is 5.12. The van der Waals surface area contributed by atoms with Crippen LogP contribution >= 0.6 is 24.0 Å². The molecular weight excluding hydrogens is 405 g/mol. The van der Waals surface area contributed by atoms with Crippen molar-refractivity contribution < 1.29 is 9.84 Å². The molecule has 3 N–H and O–H groups in total. The fraction of sp³-hybridized carbons (Fsp3) is 0.588. The number of benzene rings is 1. The van der Waals surface area contributed by atoms with Crippen LogP contribution in [-0.4, -0.2) is 31.3 Å². The maximum absolute atomic E-state index is 10.1. The van der Waals surface area contributed by atoms with Gasteiger partial charge in [-0.15, -0.1) is 24.0 Å². The quantitative estimate of drug-likeness (QED) is 0.332. The lowest BCUT2D eigenvalue weighted by Crippen LogP contribution is -2.39. The first-order valence-electron chi connectivity index (χ1n) is 8.03. The number of hydrogen-bond acceptors (Lipinski definition) is 3. The third kappa shape index (κ3) is 7.28. The van der Waals surface area contributed by atoms with Crippen molar-refractivity contribution in [3.05, 3.63) is 23.8 Å². The summed E-state index contributed by atoms with van der Waals surface area (Å²) in [6.07, 6.45) is 2.30. The van der Waals surface area contributed by atoms with Crippen LogP contribution in [0.5, 0.6) is 11.5 Å². The van der Waals surface area contributed by atoms with Gasteiger partial charge in [-0.1, -0.05) is 38.8 Å². The van der Waals surface area contributed by atoms with Crippen LogP contribution in [-0.2, 0) is 6.54 Å². The Kier molecular flexibility index (Phi) is 11.6. The number of phenolic OH excluding ortho intramolecular Hbond substituents is 1. The van der Waals surface area contributed by atoms with Gasteiger partial charge in [0.15, 0.2) is 17.5 Å². The number of halogens is 1. The minimum atomic E-state index is 0. The van der Waals surface area contributed by atoms with Crippen LogP contribution < -0.4 is 15.4 Å². The van der Waals surface area contributed by atoms with Gasteiger partial charge >= 0.3 is 0 Å². The molecule has 0 aromatic heterocycles. The highest BCUT2D eigenvalue weighted by Crippen LogP contribution is 2.29. The fourth-order valence-electron chi connectivity index (χ4n) is 2.18. The van der Waals surface area contributed by atoms with E-state index in [2.05, 4.69) is 29.5 Å². The number of nitrogens with zero attached hydrogens (tertiary/aromatic N) is 1. The second-order valence-corrected chi connectivity index (χ2v) is 5.23. The van der Waals surface area contributed by atoms with E-state index in [9.17, 15) is 5.11 Å². The predicted molar refractivity (Wildman–Crippen MR) is 107 cm³/mol. The molecule has 5 nitrogen and oxygen atoms in total. The number of phenols is 1. The SMILES string of the molecule is CCNC(=NCc1cccc(OC)c1O)NCC(CC)CC.I. The zero-order valence-corrected chi connectivity index (χ0v) is 16.9. The third-order valence-corrected chi connectivity index (χ3v) is 3.77. The summed E-state index contributed by atoms with van der Waals surface area (Å²) in [5.74, 6) is 2.05. The van der Waals surface area contributed by atoms with Crippen LogP contribution in [0.15, 0.2) is 23.2 Å². The van der Waals surface area contributed by atoms with E-state index in [4.69, 9.17) is 4.74 Å². The Morgan fingerprint density at radius 3 is 2.48 bits per heavy atom. The Morgan fingerprint density at radius 2 is 1.91 bits per heavy atom. The van der Waals surface area contributed by atoms with Gasteiger partial charge in [-0.2, -0.15) is 0 Å². The third-order valence-electron chi connectivity index (χ3n) is 3.77. The van der Waals surface area contributed by atoms with E-state index in [0.29, 0.717) is 18.2 Å². The normalized spacial score (nSPS) is 11.1. The second kappa shape index (κ2) is 12.3. The molecule has 23 heavy (non-hydrogen) atoms. The van der Waals surface area contributed by atoms with E-state index in [1.807, 2.05) is 19.1 Å². The Labute approximate surface area is 156 Å². The van der Waals surface area contributed by atoms with Crippen molar-refractivity contribution in [1.82, 2.24) is 10.6 Å². The van der Waals surface area contributed by atoms with Crippen molar-refractivity contribution >= 4 is 29.9 Å². The van der Waals surface area contributed by atoms with Gasteiger partial charge in [-0.25, -0.2) is 4.99 Å². The van der Waals surface area contributed by atoms with Crippen molar-refractivity contribution in [2.24, 2.45) is 10.9 Å². The van der Waals surface area contributed by atoms with E-state index in [1.165, 1.54) is 0 Å². The van der Waals surface area contributed by atoms with Crippen molar-refractivity contribution in [1.29, 1.82) is 0 Å². The van der Waals surface area contributed by atoms with Crippen LogP contribution in [0.4, 0.5) is 0 Å². The van der Waals surface area contributed by atoms with Gasteiger partial charge in [0, 0.05) is 18.7 Å². The molecule has 132 valence electrons. The molecule has 0 unspecified atom stereocenters. The first-order chi connectivity index (χ1) is 10.7. The molecule has 1 aromatic rings. The molecule has 0 radical (unpaired) electrons. The number of rotatable bonds is 8. The average molecular weight is 435 g/mol. The Balaban J connectivity index is 0.00000484. The van der Waals surface area contributed by atoms with Crippen molar-refractivity contribution in [3.8, 4) is 11.5 Å². The molecule has 1 aromatic carbocycles. The highest BCUT2D eigenvalue weighted by molar-refractivity contribution is 14.0. The lowest BCUT2D eigenvalue weighted by molar-refractivity contribution is 0.370. The minimum Gasteiger partial charge on any atom is -0.504 e. The molecule has 0 aliphatic carbocycles. The van der Waals surface area contributed by atoms with Crippen LogP contribution in [0.3, 0.4) is 0 Å². The zero-order valence-electron chi connectivity index (χ0n) is 14.6. The summed E-state index contributed by atoms with van der Waals surface area (Å²) in [5.41, 5.74) is 0.749. The van der Waals surface area contributed by atoms with Gasteiger partial charge in [0.1, 0.15) is 0 Å². The van der Waals surface area contributed by atoms with Gasteiger partial charge in [0.05, 0.1) is 13.7 Å². The first-order valence-corrected chi connectivity index (χ1v) is 8.03. The highest BCUT2D eigenvalue weighted by atomic mass is 127. The van der Waals surface area contributed by atoms with Crippen LogP contribution in [0.2, 0.25) is 0 Å². The number of methoxy groups -OCH3 is 1. The summed E-state index contributed by atoms with van der Waals surface area (Å²) in [7, 11) is 1.55. The largest absolute Gasteiger partial charge is 0.504 e. The van der Waals surface area contributed by atoms with Gasteiger partial charge in [0.25, 0.3) is 0 Å².